The number of halogens is 1. The Hall–Kier alpha value is -2.36. The van der Waals surface area contributed by atoms with E-state index in [1.54, 1.807) is 6.07 Å². The number of hydrogen-bond donors (Lipinski definition) is 1. The van der Waals surface area contributed by atoms with Gasteiger partial charge in [-0.05, 0) is 36.2 Å². The van der Waals surface area contributed by atoms with Crippen LogP contribution in [0.25, 0.3) is 11.0 Å². The van der Waals surface area contributed by atoms with E-state index in [4.69, 9.17) is 10.7 Å². The number of para-hydroxylation sites is 2. The van der Waals surface area contributed by atoms with Crippen molar-refractivity contribution in [1.29, 1.82) is 0 Å². The largest absolute Gasteiger partial charge is 0.398 e. The first kappa shape index (κ1) is 13.6. The van der Waals surface area contributed by atoms with Crippen molar-refractivity contribution in [2.75, 3.05) is 5.73 Å². The minimum atomic E-state index is -0.305. The average molecular weight is 283 g/mol. The summed E-state index contributed by atoms with van der Waals surface area (Å²) in [7, 11) is 0. The van der Waals surface area contributed by atoms with Crippen LogP contribution in [0.3, 0.4) is 0 Å². The Morgan fingerprint density at radius 3 is 2.76 bits per heavy atom. The van der Waals surface area contributed by atoms with Gasteiger partial charge in [-0.15, -0.1) is 0 Å². The van der Waals surface area contributed by atoms with Gasteiger partial charge in [-0.3, -0.25) is 0 Å². The van der Waals surface area contributed by atoms with E-state index < -0.39 is 0 Å². The van der Waals surface area contributed by atoms with Crippen molar-refractivity contribution in [3.63, 3.8) is 0 Å². The Balaban J connectivity index is 2.07. The Kier molecular flexibility index (Phi) is 3.60. The van der Waals surface area contributed by atoms with Gasteiger partial charge in [0, 0.05) is 12.1 Å². The van der Waals surface area contributed by atoms with Gasteiger partial charge in [0.05, 0.1) is 17.6 Å². The highest BCUT2D eigenvalue weighted by molar-refractivity contribution is 5.76. The molecule has 2 aromatic carbocycles. The zero-order chi connectivity index (χ0) is 14.8. The molecule has 2 N–H and O–H groups in total. The van der Waals surface area contributed by atoms with E-state index in [2.05, 4.69) is 17.6 Å². The summed E-state index contributed by atoms with van der Waals surface area (Å²) < 4.78 is 15.3. The van der Waals surface area contributed by atoms with Crippen molar-refractivity contribution in [1.82, 2.24) is 9.55 Å². The van der Waals surface area contributed by atoms with Crippen LogP contribution in [0.4, 0.5) is 10.1 Å². The van der Waals surface area contributed by atoms with Crippen LogP contribution in [0.5, 0.6) is 0 Å². The number of hydrogen-bond acceptors (Lipinski definition) is 2. The van der Waals surface area contributed by atoms with Gasteiger partial charge in [0.25, 0.3) is 0 Å². The molecule has 0 atom stereocenters. The average Bonchev–Trinajstić information content (AvgIpc) is 2.80. The van der Waals surface area contributed by atoms with E-state index in [9.17, 15) is 4.39 Å². The third kappa shape index (κ3) is 2.61. The number of benzene rings is 2. The molecule has 0 unspecified atom stereocenters. The van der Waals surface area contributed by atoms with E-state index >= 15 is 0 Å². The van der Waals surface area contributed by atoms with Crippen molar-refractivity contribution in [3.8, 4) is 0 Å². The molecule has 0 saturated carbocycles. The first-order valence-electron chi connectivity index (χ1n) is 7.17. The third-order valence-corrected chi connectivity index (χ3v) is 3.64. The number of nitrogen functional groups attached to an aromatic ring is 1. The molecule has 1 aromatic heterocycles. The predicted octanol–water partition coefficient (Wildman–Crippen LogP) is 3.76. The molecule has 0 radical (unpaired) electrons. The molecule has 0 amide bonds. The normalized spacial score (nSPS) is 11.1. The second-order valence-corrected chi connectivity index (χ2v) is 5.20. The summed E-state index contributed by atoms with van der Waals surface area (Å²) in [4.78, 5) is 4.69. The lowest BCUT2D eigenvalue weighted by molar-refractivity contribution is 0.627. The van der Waals surface area contributed by atoms with Gasteiger partial charge < -0.3 is 10.3 Å². The Morgan fingerprint density at radius 2 is 2.00 bits per heavy atom. The van der Waals surface area contributed by atoms with E-state index in [-0.39, 0.29) is 5.82 Å². The van der Waals surface area contributed by atoms with Crippen molar-refractivity contribution in [2.24, 2.45) is 0 Å². The quantitative estimate of drug-likeness (QED) is 0.741. The van der Waals surface area contributed by atoms with Gasteiger partial charge in [0.2, 0.25) is 0 Å². The molecule has 21 heavy (non-hydrogen) atoms. The maximum Gasteiger partial charge on any atom is 0.125 e. The van der Waals surface area contributed by atoms with E-state index in [0.717, 1.165) is 35.3 Å². The van der Waals surface area contributed by atoms with E-state index in [1.165, 1.54) is 12.1 Å². The number of aryl methyl sites for hydroxylation is 1. The Morgan fingerprint density at radius 1 is 1.19 bits per heavy atom. The van der Waals surface area contributed by atoms with Gasteiger partial charge >= 0.3 is 0 Å². The first-order chi connectivity index (χ1) is 10.2. The summed E-state index contributed by atoms with van der Waals surface area (Å²) >= 11 is 0. The second-order valence-electron chi connectivity index (χ2n) is 5.20. The lowest BCUT2D eigenvalue weighted by atomic mass is 10.1. The van der Waals surface area contributed by atoms with Crippen LogP contribution in [0.2, 0.25) is 0 Å². The van der Waals surface area contributed by atoms with Crippen LogP contribution >= 0.6 is 0 Å². The summed E-state index contributed by atoms with van der Waals surface area (Å²) in [6, 6.07) is 12.6. The lowest BCUT2D eigenvalue weighted by Gasteiger charge is -2.11. The number of nitrogens with zero attached hydrogens (tertiary/aromatic N) is 2. The number of aromatic nitrogens is 2. The number of anilines is 1. The molecule has 3 aromatic rings. The fourth-order valence-electron chi connectivity index (χ4n) is 2.60. The number of imidazole rings is 1. The van der Waals surface area contributed by atoms with Crippen LogP contribution in [-0.2, 0) is 13.0 Å². The zero-order valence-electron chi connectivity index (χ0n) is 12.0. The van der Waals surface area contributed by atoms with Gasteiger partial charge in [-0.25, -0.2) is 9.37 Å². The molecule has 0 aliphatic heterocycles. The highest BCUT2D eigenvalue weighted by Crippen LogP contribution is 2.21. The summed E-state index contributed by atoms with van der Waals surface area (Å²) in [5, 5.41) is 0. The fourth-order valence-corrected chi connectivity index (χ4v) is 2.60. The topological polar surface area (TPSA) is 43.8 Å². The van der Waals surface area contributed by atoms with Crippen molar-refractivity contribution < 1.29 is 4.39 Å². The molecular weight excluding hydrogens is 265 g/mol. The Labute approximate surface area is 123 Å². The summed E-state index contributed by atoms with van der Waals surface area (Å²) in [6.07, 6.45) is 1.94. The predicted molar refractivity (Wildman–Crippen MR) is 83.6 cm³/mol. The first-order valence-corrected chi connectivity index (χ1v) is 7.17. The zero-order valence-corrected chi connectivity index (χ0v) is 12.0. The minimum absolute atomic E-state index is 0.305. The fraction of sp³-hybridized carbons (Fsp3) is 0.235. The molecule has 0 bridgehead atoms. The smallest absolute Gasteiger partial charge is 0.125 e. The number of nitrogens with two attached hydrogens (primary N) is 1. The van der Waals surface area contributed by atoms with Crippen LogP contribution in [0.15, 0.2) is 42.5 Å². The monoisotopic (exact) mass is 283 g/mol. The number of fused-ring (bicyclic) bond motifs is 1. The minimum Gasteiger partial charge on any atom is -0.398 e. The molecule has 0 spiro atoms. The highest BCUT2D eigenvalue weighted by Gasteiger charge is 2.11. The standard InChI is InChI=1S/C17H18FN3/c1-2-5-17-20-15-6-3-4-7-16(15)21(17)11-12-8-9-13(18)10-14(12)19/h3-4,6-10H,2,5,11,19H2,1H3. The van der Waals surface area contributed by atoms with Crippen molar-refractivity contribution >= 4 is 16.7 Å². The molecule has 0 aliphatic carbocycles. The summed E-state index contributed by atoms with van der Waals surface area (Å²) in [5.41, 5.74) is 9.40. The molecule has 3 rings (SSSR count). The van der Waals surface area contributed by atoms with Crippen molar-refractivity contribution in [3.05, 3.63) is 59.7 Å². The molecule has 1 heterocycles. The van der Waals surface area contributed by atoms with Crippen molar-refractivity contribution in [2.45, 2.75) is 26.3 Å². The highest BCUT2D eigenvalue weighted by atomic mass is 19.1. The van der Waals surface area contributed by atoms with Gasteiger partial charge in [-0.1, -0.05) is 25.1 Å². The molecule has 4 heteroatoms. The van der Waals surface area contributed by atoms with E-state index in [0.29, 0.717) is 12.2 Å². The lowest BCUT2D eigenvalue weighted by Crippen LogP contribution is -2.07. The molecule has 0 saturated heterocycles. The third-order valence-electron chi connectivity index (χ3n) is 3.64. The van der Waals surface area contributed by atoms with Gasteiger partial charge in [0.15, 0.2) is 0 Å². The van der Waals surface area contributed by atoms with Gasteiger partial charge in [0.1, 0.15) is 11.6 Å². The maximum atomic E-state index is 13.2. The Bertz CT molecular complexity index is 777. The molecule has 3 nitrogen and oxygen atoms in total. The maximum absolute atomic E-state index is 13.2. The van der Waals surface area contributed by atoms with Crippen LogP contribution in [0.1, 0.15) is 24.7 Å². The summed E-state index contributed by atoms with van der Waals surface area (Å²) in [6.45, 7) is 2.75. The van der Waals surface area contributed by atoms with E-state index in [1.807, 2.05) is 18.2 Å². The molecular formula is C17H18FN3. The van der Waals surface area contributed by atoms with Crippen LogP contribution < -0.4 is 5.73 Å². The molecule has 108 valence electrons. The molecule has 0 fully saturated rings. The summed E-state index contributed by atoms with van der Waals surface area (Å²) in [5.74, 6) is 0.739. The number of rotatable bonds is 4. The second kappa shape index (κ2) is 5.56. The molecule has 0 aliphatic rings. The van der Waals surface area contributed by atoms with Crippen LogP contribution in [-0.4, -0.2) is 9.55 Å². The van der Waals surface area contributed by atoms with Gasteiger partial charge in [-0.2, -0.15) is 0 Å². The SMILES string of the molecule is CCCc1nc2ccccc2n1Cc1ccc(F)cc1N. The van der Waals surface area contributed by atoms with Crippen LogP contribution in [0, 0.1) is 5.82 Å².